The maximum Gasteiger partial charge on any atom is 0.327 e. The third-order valence-electron chi connectivity index (χ3n) is 4.72. The second kappa shape index (κ2) is 11.0. The number of benzene rings is 1. The first-order valence-electron chi connectivity index (χ1n) is 9.63. The van der Waals surface area contributed by atoms with Gasteiger partial charge in [0.1, 0.15) is 12.4 Å². The van der Waals surface area contributed by atoms with Crippen molar-refractivity contribution < 1.29 is 38.5 Å². The van der Waals surface area contributed by atoms with Crippen molar-refractivity contribution in [2.24, 2.45) is 5.41 Å². The lowest BCUT2D eigenvalue weighted by atomic mass is 9.73. The molecule has 0 aliphatic heterocycles. The Kier molecular flexibility index (Phi) is 10.1. The van der Waals surface area contributed by atoms with Gasteiger partial charge in [0.15, 0.2) is 0 Å². The van der Waals surface area contributed by atoms with Gasteiger partial charge < -0.3 is 38.5 Å². The van der Waals surface area contributed by atoms with Gasteiger partial charge in [-0.2, -0.15) is 0 Å². The molecule has 174 valence electrons. The number of rotatable bonds is 10. The largest absolute Gasteiger partial charge is 0.492 e. The number of ether oxygens (including phenoxy) is 1. The van der Waals surface area contributed by atoms with Crippen LogP contribution >= 0.6 is 17.2 Å². The van der Waals surface area contributed by atoms with Crippen LogP contribution in [0, 0.1) is 12.3 Å². The quantitative estimate of drug-likeness (QED) is 0.332. The Morgan fingerprint density at radius 1 is 0.767 bits per heavy atom. The first kappa shape index (κ1) is 27.6. The lowest BCUT2D eigenvalue weighted by Crippen LogP contribution is -2.41. The van der Waals surface area contributed by atoms with Crippen LogP contribution in [-0.4, -0.2) is 51.1 Å². The molecule has 0 radical (unpaired) electrons. The van der Waals surface area contributed by atoms with Crippen LogP contribution in [0.2, 0.25) is 0 Å². The molecule has 0 aliphatic rings. The van der Waals surface area contributed by atoms with Crippen molar-refractivity contribution >= 4 is 17.2 Å². The van der Waals surface area contributed by atoms with Gasteiger partial charge in [-0.25, -0.2) is 0 Å². The maximum absolute atomic E-state index is 9.99. The molecule has 0 heterocycles. The van der Waals surface area contributed by atoms with Gasteiger partial charge in [-0.1, -0.05) is 47.6 Å². The predicted octanol–water partition coefficient (Wildman–Crippen LogP) is 3.40. The van der Waals surface area contributed by atoms with Crippen LogP contribution < -0.4 is 4.74 Å². The van der Waals surface area contributed by atoms with E-state index in [1.165, 1.54) is 5.56 Å². The van der Waals surface area contributed by atoms with E-state index in [1.807, 2.05) is 12.1 Å². The van der Waals surface area contributed by atoms with Gasteiger partial charge in [-0.15, -0.1) is 0 Å². The van der Waals surface area contributed by atoms with Crippen LogP contribution in [0.4, 0.5) is 0 Å². The highest BCUT2D eigenvalue weighted by Crippen LogP contribution is 2.42. The monoisotopic (exact) mass is 466 g/mol. The highest BCUT2D eigenvalue weighted by Gasteiger charge is 2.36. The van der Waals surface area contributed by atoms with Gasteiger partial charge in [-0.05, 0) is 34.9 Å². The van der Waals surface area contributed by atoms with E-state index >= 15 is 0 Å². The Morgan fingerprint density at radius 2 is 1.23 bits per heavy atom. The Labute approximate surface area is 181 Å². The summed E-state index contributed by atoms with van der Waals surface area (Å²) >= 11 is 0. The standard InChI is InChI=1S/C20H36O8P2/c1-14-8-9-15(17(19(5,6)7)16(14)18(2,3)4)26-11-20(10-21,12-27-29(22)23)13-28-30(24)25/h8-9,21-25H,10-13H2,1-7H3. The minimum Gasteiger partial charge on any atom is -0.492 e. The highest BCUT2D eigenvalue weighted by molar-refractivity contribution is 7.39. The Hall–Kier alpha value is -0.400. The molecule has 0 saturated heterocycles. The molecule has 0 spiro atoms. The van der Waals surface area contributed by atoms with Gasteiger partial charge in [-0.3, -0.25) is 0 Å². The first-order valence-corrected chi connectivity index (χ1v) is 12.0. The molecule has 5 N–H and O–H groups in total. The summed E-state index contributed by atoms with van der Waals surface area (Å²) in [7, 11) is -5.31. The van der Waals surface area contributed by atoms with E-state index in [0.29, 0.717) is 5.75 Å². The molecule has 0 unspecified atom stereocenters. The Balaban J connectivity index is 3.34. The number of aliphatic hydroxyl groups is 1. The van der Waals surface area contributed by atoms with Crippen molar-refractivity contribution in [1.82, 2.24) is 0 Å². The average molecular weight is 466 g/mol. The summed E-state index contributed by atoms with van der Waals surface area (Å²) in [4.78, 5) is 36.5. The molecular weight excluding hydrogens is 430 g/mol. The molecule has 30 heavy (non-hydrogen) atoms. The number of aliphatic hydroxyl groups excluding tert-OH is 1. The fourth-order valence-electron chi connectivity index (χ4n) is 3.40. The van der Waals surface area contributed by atoms with Crippen LogP contribution in [0.5, 0.6) is 5.75 Å². The summed E-state index contributed by atoms with van der Waals surface area (Å²) < 4.78 is 16.0. The normalized spacial score (nSPS) is 13.4. The van der Waals surface area contributed by atoms with E-state index in [4.69, 9.17) is 33.4 Å². The number of aryl methyl sites for hydroxylation is 1. The topological polar surface area (TPSA) is 129 Å². The number of hydrogen-bond acceptors (Lipinski definition) is 8. The molecular formula is C20H36O8P2. The smallest absolute Gasteiger partial charge is 0.327 e. The highest BCUT2D eigenvalue weighted by atomic mass is 31.2. The SMILES string of the molecule is Cc1ccc(OCC(CO)(COP(O)O)COP(O)O)c(C(C)(C)C)c1C(C)(C)C. The van der Waals surface area contributed by atoms with Crippen LogP contribution in [0.25, 0.3) is 0 Å². The van der Waals surface area contributed by atoms with Gasteiger partial charge in [0.25, 0.3) is 0 Å². The zero-order valence-corrected chi connectivity index (χ0v) is 20.6. The zero-order valence-electron chi connectivity index (χ0n) is 18.8. The van der Waals surface area contributed by atoms with Gasteiger partial charge in [0.05, 0.1) is 25.2 Å². The van der Waals surface area contributed by atoms with E-state index in [0.717, 1.165) is 11.1 Å². The summed E-state index contributed by atoms with van der Waals surface area (Å²) in [6.45, 7) is 13.6. The summed E-state index contributed by atoms with van der Waals surface area (Å²) in [6.07, 6.45) is 0. The summed E-state index contributed by atoms with van der Waals surface area (Å²) in [5.41, 5.74) is 1.80. The number of hydrogen-bond donors (Lipinski definition) is 5. The van der Waals surface area contributed by atoms with Crippen molar-refractivity contribution in [3.05, 3.63) is 28.8 Å². The predicted molar refractivity (Wildman–Crippen MR) is 118 cm³/mol. The molecule has 1 aromatic rings. The van der Waals surface area contributed by atoms with Gasteiger partial charge in [0, 0.05) is 5.56 Å². The van der Waals surface area contributed by atoms with E-state index in [-0.39, 0.29) is 30.7 Å². The van der Waals surface area contributed by atoms with E-state index in [2.05, 4.69) is 48.5 Å². The summed E-state index contributed by atoms with van der Waals surface area (Å²) in [5, 5.41) is 9.99. The molecule has 0 atom stereocenters. The van der Waals surface area contributed by atoms with Crippen LogP contribution in [0.15, 0.2) is 12.1 Å². The Morgan fingerprint density at radius 3 is 1.60 bits per heavy atom. The first-order chi connectivity index (χ1) is 13.6. The molecule has 10 heteroatoms. The average Bonchev–Trinajstić information content (AvgIpc) is 2.60. The van der Waals surface area contributed by atoms with E-state index < -0.39 is 29.2 Å². The fourth-order valence-corrected chi connectivity index (χ4v) is 4.18. The van der Waals surface area contributed by atoms with Gasteiger partial charge >= 0.3 is 17.2 Å². The maximum atomic E-state index is 9.99. The molecule has 0 bridgehead atoms. The second-order valence-corrected chi connectivity index (χ2v) is 11.2. The van der Waals surface area contributed by atoms with Crippen molar-refractivity contribution in [3.63, 3.8) is 0 Å². The van der Waals surface area contributed by atoms with Crippen molar-refractivity contribution in [3.8, 4) is 5.75 Å². The second-order valence-electron chi connectivity index (χ2n) is 9.63. The van der Waals surface area contributed by atoms with Crippen LogP contribution in [0.1, 0.15) is 58.2 Å². The zero-order chi connectivity index (χ0) is 23.3. The van der Waals surface area contributed by atoms with Crippen molar-refractivity contribution in [2.45, 2.75) is 59.3 Å². The minimum atomic E-state index is -2.65. The van der Waals surface area contributed by atoms with E-state index in [9.17, 15) is 5.11 Å². The Bertz CT molecular complexity index is 669. The third-order valence-corrected chi connectivity index (χ3v) is 5.44. The molecule has 1 aromatic carbocycles. The van der Waals surface area contributed by atoms with Gasteiger partial charge in [0.2, 0.25) is 0 Å². The molecule has 0 aliphatic carbocycles. The van der Waals surface area contributed by atoms with Crippen molar-refractivity contribution in [2.75, 3.05) is 26.4 Å². The lowest BCUT2D eigenvalue weighted by molar-refractivity contribution is -0.0166. The minimum absolute atomic E-state index is 0.0917. The molecule has 0 fully saturated rings. The summed E-state index contributed by atoms with van der Waals surface area (Å²) in [6, 6.07) is 3.87. The fraction of sp³-hybridized carbons (Fsp3) is 0.700. The molecule has 0 aromatic heterocycles. The van der Waals surface area contributed by atoms with E-state index in [1.54, 1.807) is 0 Å². The lowest BCUT2D eigenvalue weighted by Gasteiger charge is -2.35. The molecule has 1 rings (SSSR count). The molecule has 0 saturated carbocycles. The molecule has 0 amide bonds. The summed E-state index contributed by atoms with van der Waals surface area (Å²) in [5.74, 6) is 0.640. The third kappa shape index (κ3) is 7.94. The van der Waals surface area contributed by atoms with Crippen molar-refractivity contribution in [1.29, 1.82) is 0 Å². The van der Waals surface area contributed by atoms with Crippen LogP contribution in [0.3, 0.4) is 0 Å². The molecule has 8 nitrogen and oxygen atoms in total. The van der Waals surface area contributed by atoms with Crippen LogP contribution in [-0.2, 0) is 19.9 Å².